The molecule has 4 heteroatoms. The van der Waals surface area contributed by atoms with E-state index in [4.69, 9.17) is 4.74 Å². The van der Waals surface area contributed by atoms with Gasteiger partial charge >= 0.3 is 6.09 Å². The fourth-order valence-electron chi connectivity index (χ4n) is 2.16. The lowest BCUT2D eigenvalue weighted by Crippen LogP contribution is -2.15. The van der Waals surface area contributed by atoms with Gasteiger partial charge < -0.3 is 4.74 Å². The lowest BCUT2D eigenvalue weighted by molar-refractivity contribution is 0.141. The number of hydrogen-bond donors (Lipinski definition) is 0. The minimum absolute atomic E-state index is 0.256. The van der Waals surface area contributed by atoms with Gasteiger partial charge in [-0.15, -0.1) is 0 Å². The number of nitrogens with zero attached hydrogens (tertiary/aromatic N) is 2. The van der Waals surface area contributed by atoms with Crippen LogP contribution in [-0.2, 0) is 11.3 Å². The van der Waals surface area contributed by atoms with Crippen LogP contribution in [0.4, 0.5) is 4.79 Å². The molecule has 0 atom stereocenters. The Morgan fingerprint density at radius 2 is 1.80 bits per heavy atom. The van der Waals surface area contributed by atoms with Gasteiger partial charge in [0.15, 0.2) is 0 Å². The largest absolute Gasteiger partial charge is 0.444 e. The van der Waals surface area contributed by atoms with Gasteiger partial charge in [0.05, 0.1) is 11.0 Å². The van der Waals surface area contributed by atoms with Gasteiger partial charge in [-0.1, -0.05) is 42.5 Å². The number of hydrogen-bond acceptors (Lipinski definition) is 3. The summed E-state index contributed by atoms with van der Waals surface area (Å²) < 4.78 is 6.84. The van der Waals surface area contributed by atoms with Crippen molar-refractivity contribution >= 4 is 17.1 Å². The topological polar surface area (TPSA) is 44.1 Å². The van der Waals surface area contributed by atoms with Crippen molar-refractivity contribution in [2.24, 2.45) is 0 Å². The lowest BCUT2D eigenvalue weighted by atomic mass is 10.2. The molecule has 1 aromatic heterocycles. The Balaban J connectivity index is 1.84. The van der Waals surface area contributed by atoms with E-state index in [0.29, 0.717) is 5.82 Å². The first kappa shape index (κ1) is 12.4. The van der Waals surface area contributed by atoms with E-state index in [1.165, 1.54) is 4.57 Å². The summed E-state index contributed by atoms with van der Waals surface area (Å²) in [4.78, 5) is 16.6. The number of carbonyl (C=O) groups excluding carboxylic acids is 1. The van der Waals surface area contributed by atoms with Crippen LogP contribution in [0.25, 0.3) is 11.0 Å². The van der Waals surface area contributed by atoms with Crippen molar-refractivity contribution in [3.05, 3.63) is 66.0 Å². The highest BCUT2D eigenvalue weighted by molar-refractivity contribution is 5.87. The Labute approximate surface area is 116 Å². The van der Waals surface area contributed by atoms with Crippen molar-refractivity contribution in [2.75, 3.05) is 0 Å². The highest BCUT2D eigenvalue weighted by atomic mass is 16.5. The Hall–Kier alpha value is -2.62. The average Bonchev–Trinajstić information content (AvgIpc) is 2.82. The maximum Gasteiger partial charge on any atom is 0.420 e. The van der Waals surface area contributed by atoms with Crippen LogP contribution in [0.5, 0.6) is 0 Å². The molecule has 0 unspecified atom stereocenters. The van der Waals surface area contributed by atoms with E-state index in [9.17, 15) is 4.79 Å². The van der Waals surface area contributed by atoms with E-state index >= 15 is 0 Å². The number of aryl methyl sites for hydroxylation is 1. The third-order valence-electron chi connectivity index (χ3n) is 3.12. The smallest absolute Gasteiger partial charge is 0.420 e. The van der Waals surface area contributed by atoms with Gasteiger partial charge in [0.25, 0.3) is 0 Å². The Bertz CT molecular complexity index is 748. The molecule has 0 aliphatic carbocycles. The Kier molecular flexibility index (Phi) is 3.21. The van der Waals surface area contributed by atoms with Crippen LogP contribution in [0, 0.1) is 6.92 Å². The molecule has 0 aliphatic rings. The summed E-state index contributed by atoms with van der Waals surface area (Å²) >= 11 is 0. The molecule has 0 aliphatic heterocycles. The quantitative estimate of drug-likeness (QED) is 0.712. The van der Waals surface area contributed by atoms with Gasteiger partial charge in [0.2, 0.25) is 0 Å². The van der Waals surface area contributed by atoms with Crippen LogP contribution in [0.2, 0.25) is 0 Å². The average molecular weight is 266 g/mol. The molecular formula is C16H14N2O2. The fraction of sp³-hybridized carbons (Fsp3) is 0.125. The van der Waals surface area contributed by atoms with E-state index in [-0.39, 0.29) is 6.61 Å². The van der Waals surface area contributed by atoms with Crippen molar-refractivity contribution in [1.82, 2.24) is 9.55 Å². The fourth-order valence-corrected chi connectivity index (χ4v) is 2.16. The molecule has 0 bridgehead atoms. The molecule has 0 amide bonds. The predicted octanol–water partition coefficient (Wildman–Crippen LogP) is 3.53. The maximum atomic E-state index is 12.2. The summed E-state index contributed by atoms with van der Waals surface area (Å²) in [6.07, 6.45) is -0.403. The van der Waals surface area contributed by atoms with E-state index in [1.54, 1.807) is 6.92 Å². The molecule has 2 aromatic carbocycles. The monoisotopic (exact) mass is 266 g/mol. The summed E-state index contributed by atoms with van der Waals surface area (Å²) in [5.41, 5.74) is 2.52. The molecule has 4 nitrogen and oxygen atoms in total. The van der Waals surface area contributed by atoms with Crippen molar-refractivity contribution in [3.63, 3.8) is 0 Å². The molecule has 3 aromatic rings. The molecule has 0 fully saturated rings. The van der Waals surface area contributed by atoms with Gasteiger partial charge in [-0.05, 0) is 24.6 Å². The van der Waals surface area contributed by atoms with Gasteiger partial charge in [-0.25, -0.2) is 14.3 Å². The van der Waals surface area contributed by atoms with E-state index in [1.807, 2.05) is 54.6 Å². The van der Waals surface area contributed by atoms with Crippen molar-refractivity contribution in [2.45, 2.75) is 13.5 Å². The molecule has 20 heavy (non-hydrogen) atoms. The minimum Gasteiger partial charge on any atom is -0.444 e. The number of fused-ring (bicyclic) bond motifs is 1. The molecule has 0 spiro atoms. The maximum absolute atomic E-state index is 12.2. The molecule has 0 saturated carbocycles. The molecule has 0 N–H and O–H groups in total. The first-order chi connectivity index (χ1) is 9.75. The first-order valence-corrected chi connectivity index (χ1v) is 6.41. The van der Waals surface area contributed by atoms with Crippen LogP contribution < -0.4 is 0 Å². The SMILES string of the molecule is Cc1nc2ccccc2n1C(=O)OCc1ccccc1. The standard InChI is InChI=1S/C16H14N2O2/c1-12-17-14-9-5-6-10-15(14)18(12)16(19)20-11-13-7-3-2-4-8-13/h2-10H,11H2,1H3. The second-order valence-electron chi connectivity index (χ2n) is 4.52. The number of para-hydroxylation sites is 2. The first-order valence-electron chi connectivity index (χ1n) is 6.41. The van der Waals surface area contributed by atoms with Crippen LogP contribution in [-0.4, -0.2) is 15.6 Å². The third kappa shape index (κ3) is 2.28. The van der Waals surface area contributed by atoms with E-state index in [2.05, 4.69) is 4.98 Å². The van der Waals surface area contributed by atoms with E-state index in [0.717, 1.165) is 16.6 Å². The van der Waals surface area contributed by atoms with E-state index < -0.39 is 6.09 Å². The van der Waals surface area contributed by atoms with Gasteiger partial charge in [-0.2, -0.15) is 0 Å². The summed E-state index contributed by atoms with van der Waals surface area (Å²) in [5.74, 6) is 0.629. The van der Waals surface area contributed by atoms with Crippen LogP contribution >= 0.6 is 0 Å². The zero-order valence-corrected chi connectivity index (χ0v) is 11.1. The van der Waals surface area contributed by atoms with Crippen molar-refractivity contribution < 1.29 is 9.53 Å². The molecule has 100 valence electrons. The highest BCUT2D eigenvalue weighted by Gasteiger charge is 2.14. The Morgan fingerprint density at radius 3 is 2.60 bits per heavy atom. The van der Waals surface area contributed by atoms with Gasteiger partial charge in [0, 0.05) is 0 Å². The summed E-state index contributed by atoms with van der Waals surface area (Å²) in [5, 5.41) is 0. The number of rotatable bonds is 2. The van der Waals surface area contributed by atoms with Crippen molar-refractivity contribution in [3.8, 4) is 0 Å². The minimum atomic E-state index is -0.403. The van der Waals surface area contributed by atoms with Crippen molar-refractivity contribution in [1.29, 1.82) is 0 Å². The normalized spacial score (nSPS) is 10.7. The third-order valence-corrected chi connectivity index (χ3v) is 3.12. The predicted molar refractivity (Wildman–Crippen MR) is 76.5 cm³/mol. The number of imidazole rings is 1. The summed E-state index contributed by atoms with van der Waals surface area (Å²) in [7, 11) is 0. The molecule has 1 heterocycles. The Morgan fingerprint density at radius 1 is 1.10 bits per heavy atom. The second-order valence-corrected chi connectivity index (χ2v) is 4.52. The van der Waals surface area contributed by atoms with Crippen LogP contribution in [0.15, 0.2) is 54.6 Å². The van der Waals surface area contributed by atoms with Gasteiger partial charge in [-0.3, -0.25) is 0 Å². The zero-order valence-electron chi connectivity index (χ0n) is 11.1. The summed E-state index contributed by atoms with van der Waals surface area (Å²) in [6.45, 7) is 2.05. The van der Waals surface area contributed by atoms with Gasteiger partial charge in [0.1, 0.15) is 12.4 Å². The molecule has 3 rings (SSSR count). The molecule has 0 saturated heterocycles. The lowest BCUT2D eigenvalue weighted by Gasteiger charge is -2.07. The second kappa shape index (κ2) is 5.17. The molecule has 0 radical (unpaired) electrons. The number of aromatic nitrogens is 2. The number of carbonyl (C=O) groups is 1. The number of ether oxygens (including phenoxy) is 1. The summed E-state index contributed by atoms with van der Waals surface area (Å²) in [6, 6.07) is 17.1. The highest BCUT2D eigenvalue weighted by Crippen LogP contribution is 2.16. The van der Waals surface area contributed by atoms with Crippen LogP contribution in [0.3, 0.4) is 0 Å². The van der Waals surface area contributed by atoms with Crippen LogP contribution in [0.1, 0.15) is 11.4 Å². The molecular weight excluding hydrogens is 252 g/mol. The number of benzene rings is 2. The zero-order chi connectivity index (χ0) is 13.9.